The number of hydrogen-bond acceptors (Lipinski definition) is 9. The number of carbonyl (C=O) groups excluding carboxylic acids is 1. The summed E-state index contributed by atoms with van der Waals surface area (Å²) in [5.41, 5.74) is 0.942. The van der Waals surface area contributed by atoms with Crippen molar-refractivity contribution < 1.29 is 29.6 Å². The number of ether oxygens (including phenoxy) is 2. The zero-order valence-corrected chi connectivity index (χ0v) is 29.4. The van der Waals surface area contributed by atoms with E-state index < -0.39 is 17.7 Å². The van der Waals surface area contributed by atoms with Crippen molar-refractivity contribution in [1.82, 2.24) is 15.2 Å². The lowest BCUT2D eigenvalue weighted by atomic mass is 9.73. The number of fused-ring (bicyclic) bond motifs is 1. The summed E-state index contributed by atoms with van der Waals surface area (Å²) in [6.45, 7) is 7.62. The van der Waals surface area contributed by atoms with Crippen LogP contribution in [-0.4, -0.2) is 83.7 Å². The number of likely N-dealkylation sites (tertiary alicyclic amines) is 1. The van der Waals surface area contributed by atoms with Gasteiger partial charge in [-0.15, -0.1) is 0 Å². The van der Waals surface area contributed by atoms with E-state index in [0.717, 1.165) is 77.4 Å². The van der Waals surface area contributed by atoms with E-state index in [1.807, 2.05) is 30.3 Å². The van der Waals surface area contributed by atoms with Crippen molar-refractivity contribution >= 4 is 16.9 Å². The Hall–Kier alpha value is -3.54. The van der Waals surface area contributed by atoms with Crippen molar-refractivity contribution in [3.05, 3.63) is 87.7 Å². The second-order valence-corrected chi connectivity index (χ2v) is 14.1. The Morgan fingerprint density at radius 3 is 2.58 bits per heavy atom. The largest absolute Gasteiger partial charge is 0.506 e. The van der Waals surface area contributed by atoms with E-state index in [4.69, 9.17) is 9.47 Å². The summed E-state index contributed by atoms with van der Waals surface area (Å²) in [5.74, 6) is -0.308. The summed E-state index contributed by atoms with van der Waals surface area (Å²) >= 11 is 0. The highest BCUT2D eigenvalue weighted by Gasteiger charge is 2.47. The summed E-state index contributed by atoms with van der Waals surface area (Å²) < 4.78 is 11.7. The van der Waals surface area contributed by atoms with Crippen LogP contribution in [0.4, 0.5) is 0 Å². The van der Waals surface area contributed by atoms with Gasteiger partial charge < -0.3 is 40.0 Å². The Labute approximate surface area is 295 Å². The van der Waals surface area contributed by atoms with E-state index in [9.17, 15) is 24.9 Å². The van der Waals surface area contributed by atoms with Crippen molar-refractivity contribution in [2.75, 3.05) is 52.5 Å². The molecule has 1 saturated heterocycles. The summed E-state index contributed by atoms with van der Waals surface area (Å²) in [4.78, 5) is 30.1. The average Bonchev–Trinajstić information content (AvgIpc) is 3.14. The molecule has 2 heterocycles. The number of H-pyrrole nitrogens is 1. The van der Waals surface area contributed by atoms with E-state index in [0.29, 0.717) is 60.9 Å². The molecule has 10 heteroatoms. The molecule has 2 atom stereocenters. The third kappa shape index (κ3) is 10.0. The minimum absolute atomic E-state index is 0.0241. The number of aromatic amines is 1. The second kappa shape index (κ2) is 18.6. The number of aliphatic hydroxyl groups excluding tert-OH is 1. The van der Waals surface area contributed by atoms with Gasteiger partial charge in [-0.3, -0.25) is 4.79 Å². The molecule has 5 N–H and O–H groups in total. The smallest absolute Gasteiger partial charge is 0.343 e. The molecule has 1 aliphatic carbocycles. The molecular weight excluding hydrogens is 634 g/mol. The molecule has 0 bridgehead atoms. The number of aromatic hydroxyl groups is 1. The number of hydrogen-bond donors (Lipinski definition) is 5. The van der Waals surface area contributed by atoms with E-state index in [1.165, 1.54) is 17.7 Å². The Morgan fingerprint density at radius 1 is 1.06 bits per heavy atom. The van der Waals surface area contributed by atoms with Crippen LogP contribution in [0.25, 0.3) is 10.9 Å². The summed E-state index contributed by atoms with van der Waals surface area (Å²) in [7, 11) is 0. The topological polar surface area (TPSA) is 144 Å². The zero-order valence-electron chi connectivity index (χ0n) is 29.4. The van der Waals surface area contributed by atoms with Gasteiger partial charge in [-0.2, -0.15) is 0 Å². The number of carbonyl (C=O) groups is 1. The van der Waals surface area contributed by atoms with Gasteiger partial charge in [0.2, 0.25) is 5.56 Å². The molecule has 0 radical (unpaired) electrons. The monoisotopic (exact) mass is 689 g/mol. The summed E-state index contributed by atoms with van der Waals surface area (Å²) in [6, 6.07) is 15.5. The number of phenolic OH excluding ortho intramolecular Hbond substituents is 1. The maximum atomic E-state index is 13.4. The van der Waals surface area contributed by atoms with Gasteiger partial charge in [0.1, 0.15) is 5.75 Å². The number of esters is 1. The molecule has 10 nitrogen and oxygen atoms in total. The molecule has 0 amide bonds. The third-order valence-electron chi connectivity index (χ3n) is 10.4. The van der Waals surface area contributed by atoms with Crippen LogP contribution in [-0.2, 0) is 19.9 Å². The normalized spacial score (nSPS) is 18.6. The lowest BCUT2D eigenvalue weighted by molar-refractivity contribution is -0.177. The van der Waals surface area contributed by atoms with Gasteiger partial charge in [-0.25, -0.2) is 4.79 Å². The second-order valence-electron chi connectivity index (χ2n) is 14.1. The molecule has 1 aromatic heterocycles. The van der Waals surface area contributed by atoms with Crippen molar-refractivity contribution in [3.63, 3.8) is 0 Å². The first-order chi connectivity index (χ1) is 24.3. The van der Waals surface area contributed by atoms with Crippen molar-refractivity contribution in [3.8, 4) is 5.75 Å². The minimum Gasteiger partial charge on any atom is -0.506 e. The SMILES string of the molecule is C/C(=C\CCN1CCC(COC(=O)C(O)(c2ccccc2)C2CCCCC2)CC1)COCCCNC[C@H](O)c1ccc(O)c2[nH]c(=O)ccc12. The first kappa shape index (κ1) is 37.7. The lowest BCUT2D eigenvalue weighted by Gasteiger charge is -2.37. The van der Waals surface area contributed by atoms with Crippen LogP contribution in [0.5, 0.6) is 5.75 Å². The zero-order chi connectivity index (χ0) is 35.3. The van der Waals surface area contributed by atoms with Gasteiger partial charge in [0.25, 0.3) is 0 Å². The van der Waals surface area contributed by atoms with Crippen molar-refractivity contribution in [2.45, 2.75) is 76.4 Å². The molecule has 1 aliphatic heterocycles. The van der Waals surface area contributed by atoms with E-state index in [1.54, 1.807) is 12.1 Å². The summed E-state index contributed by atoms with van der Waals surface area (Å²) in [6.07, 6.45) is 10.1. The number of piperidine rings is 1. The molecule has 2 fully saturated rings. The Morgan fingerprint density at radius 2 is 1.82 bits per heavy atom. The predicted molar refractivity (Wildman–Crippen MR) is 195 cm³/mol. The molecule has 50 heavy (non-hydrogen) atoms. The number of nitrogens with one attached hydrogen (secondary N) is 2. The first-order valence-electron chi connectivity index (χ1n) is 18.4. The maximum absolute atomic E-state index is 13.4. The molecule has 5 rings (SSSR count). The molecule has 1 unspecified atom stereocenters. The Balaban J connectivity index is 0.932. The van der Waals surface area contributed by atoms with Crippen LogP contribution in [0.1, 0.15) is 81.9 Å². The Kier molecular flexibility index (Phi) is 14.0. The first-order valence-corrected chi connectivity index (χ1v) is 18.4. The van der Waals surface area contributed by atoms with E-state index in [2.05, 4.69) is 28.2 Å². The fourth-order valence-electron chi connectivity index (χ4n) is 7.40. The van der Waals surface area contributed by atoms with Gasteiger partial charge in [0.05, 0.1) is 24.8 Å². The standard InChI is InChI=1S/C40H55N3O7/c1-29(27-49-25-9-21-41-26-36(45)33-15-17-35(44)38-34(33)16-18-37(46)42-38)10-8-22-43-23-19-30(20-24-43)28-50-39(47)40(48,31-11-4-2-5-12-31)32-13-6-3-7-14-32/h2,4-5,10-12,15-18,30,32,36,41,44-45,48H,3,6-9,13-14,19-28H2,1H3,(H,42,46)/b29-10+/t36-,40?/m0/s1. The van der Waals surface area contributed by atoms with Crippen LogP contribution < -0.4 is 10.9 Å². The van der Waals surface area contributed by atoms with E-state index in [-0.39, 0.29) is 17.2 Å². The summed E-state index contributed by atoms with van der Waals surface area (Å²) in [5, 5.41) is 36.4. The molecule has 1 saturated carbocycles. The van der Waals surface area contributed by atoms with Crippen LogP contribution in [0, 0.1) is 11.8 Å². The van der Waals surface area contributed by atoms with Crippen LogP contribution in [0.2, 0.25) is 0 Å². The number of pyridine rings is 1. The van der Waals surface area contributed by atoms with Crippen molar-refractivity contribution in [2.24, 2.45) is 11.8 Å². The molecule has 2 aliphatic rings. The number of aromatic nitrogens is 1. The molecule has 3 aromatic rings. The quantitative estimate of drug-likeness (QED) is 0.0723. The van der Waals surface area contributed by atoms with Crippen LogP contribution in [0.15, 0.2) is 71.0 Å². The number of benzene rings is 2. The number of phenols is 1. The average molecular weight is 690 g/mol. The minimum atomic E-state index is -1.58. The van der Waals surface area contributed by atoms with Crippen molar-refractivity contribution in [1.29, 1.82) is 0 Å². The fraction of sp³-hybridized carbons (Fsp3) is 0.550. The van der Waals surface area contributed by atoms with Gasteiger partial charge >= 0.3 is 5.97 Å². The fourth-order valence-corrected chi connectivity index (χ4v) is 7.40. The lowest BCUT2D eigenvalue weighted by Crippen LogP contribution is -2.46. The van der Waals surface area contributed by atoms with Gasteiger partial charge in [-0.05, 0) is 94.3 Å². The van der Waals surface area contributed by atoms with Crippen LogP contribution >= 0.6 is 0 Å². The predicted octanol–water partition coefficient (Wildman–Crippen LogP) is 5.32. The molecular formula is C40H55N3O7. The molecule has 2 aromatic carbocycles. The third-order valence-corrected chi connectivity index (χ3v) is 10.4. The van der Waals surface area contributed by atoms with Gasteiger partial charge in [-0.1, -0.05) is 67.3 Å². The Bertz CT molecular complexity index is 1600. The van der Waals surface area contributed by atoms with E-state index >= 15 is 0 Å². The maximum Gasteiger partial charge on any atom is 0.343 e. The number of aliphatic hydroxyl groups is 2. The molecule has 272 valence electrons. The van der Waals surface area contributed by atoms with Gasteiger partial charge in [0, 0.05) is 37.1 Å². The number of nitrogens with zero attached hydrogens (tertiary/aromatic N) is 1. The number of rotatable bonds is 17. The highest BCUT2D eigenvalue weighted by Crippen LogP contribution is 2.40. The highest BCUT2D eigenvalue weighted by atomic mass is 16.5. The highest BCUT2D eigenvalue weighted by molar-refractivity contribution is 5.87. The van der Waals surface area contributed by atoms with Gasteiger partial charge in [0.15, 0.2) is 5.60 Å². The molecule has 0 spiro atoms. The van der Waals surface area contributed by atoms with Crippen LogP contribution in [0.3, 0.4) is 0 Å².